The lowest BCUT2D eigenvalue weighted by Crippen LogP contribution is -2.48. The van der Waals surface area contributed by atoms with Crippen LogP contribution in [-0.2, 0) is 19.0 Å². The number of nitrogens with zero attached hydrogens (tertiary/aromatic N) is 1. The van der Waals surface area contributed by atoms with Crippen LogP contribution in [0.5, 0.6) is 0 Å². The maximum absolute atomic E-state index is 13.1. The van der Waals surface area contributed by atoms with Crippen LogP contribution < -0.4 is 5.32 Å². The second kappa shape index (κ2) is 9.65. The van der Waals surface area contributed by atoms with Gasteiger partial charge in [-0.3, -0.25) is 4.79 Å². The highest BCUT2D eigenvalue weighted by Gasteiger charge is 2.54. The summed E-state index contributed by atoms with van der Waals surface area (Å²) in [6.07, 6.45) is 5.59. The predicted octanol–water partition coefficient (Wildman–Crippen LogP) is 2.97. The third-order valence-electron chi connectivity index (χ3n) is 6.35. The van der Waals surface area contributed by atoms with Crippen molar-refractivity contribution in [2.75, 3.05) is 46.1 Å². The van der Waals surface area contributed by atoms with E-state index in [2.05, 4.69) is 5.32 Å². The normalized spacial score (nSPS) is 29.6. The molecule has 29 heavy (non-hydrogen) atoms. The van der Waals surface area contributed by atoms with Crippen LogP contribution in [0.25, 0.3) is 0 Å². The molecule has 2 saturated heterocycles. The monoisotopic (exact) mass is 410 g/mol. The van der Waals surface area contributed by atoms with Crippen molar-refractivity contribution in [3.05, 3.63) is 0 Å². The van der Waals surface area contributed by atoms with Crippen LogP contribution >= 0.6 is 0 Å². The lowest BCUT2D eigenvalue weighted by Gasteiger charge is -2.36. The van der Waals surface area contributed by atoms with E-state index >= 15 is 0 Å². The van der Waals surface area contributed by atoms with Crippen molar-refractivity contribution < 1.29 is 23.8 Å². The number of carbonyl (C=O) groups excluding carboxylic acids is 2. The predicted molar refractivity (Wildman–Crippen MR) is 110 cm³/mol. The Labute approximate surface area is 174 Å². The topological polar surface area (TPSA) is 77.1 Å². The van der Waals surface area contributed by atoms with Crippen LogP contribution in [0.15, 0.2) is 0 Å². The zero-order valence-electron chi connectivity index (χ0n) is 18.3. The van der Waals surface area contributed by atoms with Crippen LogP contribution in [0.1, 0.15) is 59.3 Å². The highest BCUT2D eigenvalue weighted by Crippen LogP contribution is 2.47. The number of nitrogens with one attached hydrogen (secondary N) is 1. The molecular formula is C22H38N2O5. The summed E-state index contributed by atoms with van der Waals surface area (Å²) in [5.41, 5.74) is -0.984. The van der Waals surface area contributed by atoms with Crippen LogP contribution in [0, 0.1) is 17.3 Å². The molecule has 3 aliphatic rings. The number of fused-ring (bicyclic) bond motifs is 1. The van der Waals surface area contributed by atoms with Crippen molar-refractivity contribution in [2.45, 2.75) is 64.9 Å². The second-order valence-electron chi connectivity index (χ2n) is 9.87. The Balaban J connectivity index is 1.46. The number of hydrogen-bond donors (Lipinski definition) is 1. The first-order chi connectivity index (χ1) is 13.8. The third kappa shape index (κ3) is 5.85. The van der Waals surface area contributed by atoms with E-state index in [-0.39, 0.29) is 17.9 Å². The molecule has 3 fully saturated rings. The molecule has 3 rings (SSSR count). The lowest BCUT2D eigenvalue weighted by molar-refractivity contribution is -0.134. The van der Waals surface area contributed by atoms with E-state index < -0.39 is 11.0 Å². The zero-order chi connectivity index (χ0) is 20.9. The number of amides is 2. The molecule has 2 heterocycles. The van der Waals surface area contributed by atoms with E-state index in [1.807, 2.05) is 20.8 Å². The molecule has 3 atom stereocenters. The molecule has 0 aromatic rings. The summed E-state index contributed by atoms with van der Waals surface area (Å²) >= 11 is 0. The van der Waals surface area contributed by atoms with Gasteiger partial charge in [-0.1, -0.05) is 12.8 Å². The summed E-state index contributed by atoms with van der Waals surface area (Å²) < 4.78 is 16.6. The van der Waals surface area contributed by atoms with E-state index in [1.54, 1.807) is 4.90 Å². The maximum Gasteiger partial charge on any atom is 0.410 e. The molecule has 2 aliphatic heterocycles. The fraction of sp³-hybridized carbons (Fsp3) is 0.909. The Morgan fingerprint density at radius 3 is 2.79 bits per heavy atom. The van der Waals surface area contributed by atoms with E-state index in [9.17, 15) is 9.59 Å². The minimum absolute atomic E-state index is 0.0949. The van der Waals surface area contributed by atoms with Gasteiger partial charge in [-0.2, -0.15) is 0 Å². The van der Waals surface area contributed by atoms with Gasteiger partial charge in [0.05, 0.1) is 18.6 Å². The van der Waals surface area contributed by atoms with Crippen molar-refractivity contribution >= 4 is 12.0 Å². The van der Waals surface area contributed by atoms with Crippen molar-refractivity contribution in [2.24, 2.45) is 17.3 Å². The molecule has 0 bridgehead atoms. The number of hydrogen-bond acceptors (Lipinski definition) is 5. The van der Waals surface area contributed by atoms with E-state index in [1.165, 1.54) is 0 Å². The van der Waals surface area contributed by atoms with Gasteiger partial charge >= 0.3 is 6.09 Å². The smallest absolute Gasteiger partial charge is 0.410 e. The van der Waals surface area contributed by atoms with Crippen LogP contribution in [0.4, 0.5) is 4.79 Å². The van der Waals surface area contributed by atoms with Crippen molar-refractivity contribution in [3.63, 3.8) is 0 Å². The summed E-state index contributed by atoms with van der Waals surface area (Å²) in [6.45, 7) is 10.4. The van der Waals surface area contributed by atoms with Gasteiger partial charge in [0.25, 0.3) is 0 Å². The number of rotatable bonds is 7. The fourth-order valence-corrected chi connectivity index (χ4v) is 4.81. The number of likely N-dealkylation sites (tertiary alicyclic amines) is 1. The van der Waals surface area contributed by atoms with Crippen molar-refractivity contribution in [1.82, 2.24) is 10.2 Å². The van der Waals surface area contributed by atoms with E-state index in [0.717, 1.165) is 58.3 Å². The molecule has 0 spiro atoms. The highest BCUT2D eigenvalue weighted by molar-refractivity contribution is 5.85. The van der Waals surface area contributed by atoms with Crippen LogP contribution in [0.3, 0.4) is 0 Å². The Kier molecular flexibility index (Phi) is 7.43. The Bertz CT molecular complexity index is 570. The average molecular weight is 411 g/mol. The summed E-state index contributed by atoms with van der Waals surface area (Å²) in [6, 6.07) is 0. The largest absolute Gasteiger partial charge is 0.444 e. The molecule has 1 N–H and O–H groups in total. The Hall–Kier alpha value is -1.34. The van der Waals surface area contributed by atoms with Gasteiger partial charge in [-0.05, 0) is 52.4 Å². The Morgan fingerprint density at radius 1 is 1.24 bits per heavy atom. The number of ether oxygens (including phenoxy) is 3. The molecule has 0 unspecified atom stereocenters. The SMILES string of the molecule is CC(C)(C)OC(=O)N1C[C@@H]2CCCC[C@@]2(C(=O)NCCCOC[C@@H]2CCOC2)C1. The second-order valence-corrected chi connectivity index (χ2v) is 9.87. The molecular weight excluding hydrogens is 372 g/mol. The molecule has 1 saturated carbocycles. The Morgan fingerprint density at radius 2 is 2.07 bits per heavy atom. The van der Waals surface area contributed by atoms with Gasteiger partial charge in [0.1, 0.15) is 5.60 Å². The highest BCUT2D eigenvalue weighted by atomic mass is 16.6. The molecule has 1 aliphatic carbocycles. The lowest BCUT2D eigenvalue weighted by atomic mass is 9.67. The van der Waals surface area contributed by atoms with E-state index in [0.29, 0.717) is 32.2 Å². The first kappa shape index (κ1) is 22.3. The quantitative estimate of drug-likeness (QED) is 0.653. The molecule has 0 radical (unpaired) electrons. The van der Waals surface area contributed by atoms with Crippen LogP contribution in [-0.4, -0.2) is 68.6 Å². The summed E-state index contributed by atoms with van der Waals surface area (Å²) in [4.78, 5) is 27.5. The molecule has 2 amide bonds. The first-order valence-electron chi connectivity index (χ1n) is 11.2. The summed E-state index contributed by atoms with van der Waals surface area (Å²) in [5.74, 6) is 0.837. The minimum Gasteiger partial charge on any atom is -0.444 e. The first-order valence-corrected chi connectivity index (χ1v) is 11.2. The van der Waals surface area contributed by atoms with Crippen molar-refractivity contribution in [1.29, 1.82) is 0 Å². The minimum atomic E-state index is -0.523. The van der Waals surface area contributed by atoms with Gasteiger partial charge in [0.15, 0.2) is 0 Å². The van der Waals surface area contributed by atoms with Gasteiger partial charge in [0, 0.05) is 38.8 Å². The zero-order valence-corrected chi connectivity index (χ0v) is 18.3. The fourth-order valence-electron chi connectivity index (χ4n) is 4.81. The molecule has 0 aromatic heterocycles. The van der Waals surface area contributed by atoms with Gasteiger partial charge in [-0.25, -0.2) is 4.79 Å². The van der Waals surface area contributed by atoms with E-state index in [4.69, 9.17) is 14.2 Å². The van der Waals surface area contributed by atoms with Crippen LogP contribution in [0.2, 0.25) is 0 Å². The maximum atomic E-state index is 13.1. The van der Waals surface area contributed by atoms with Gasteiger partial charge in [-0.15, -0.1) is 0 Å². The molecule has 7 heteroatoms. The third-order valence-corrected chi connectivity index (χ3v) is 6.35. The molecule has 166 valence electrons. The standard InChI is InChI=1S/C22H38N2O5/c1-21(2,3)29-20(26)24-13-18-7-4-5-9-22(18,16-24)19(25)23-10-6-11-27-14-17-8-12-28-15-17/h17-18H,4-16H2,1-3H3,(H,23,25)/t17-,18-,22+/m0/s1. The average Bonchev–Trinajstić information content (AvgIpc) is 3.31. The number of carbonyl (C=O) groups is 2. The van der Waals surface area contributed by atoms with Gasteiger partial charge in [0.2, 0.25) is 5.91 Å². The van der Waals surface area contributed by atoms with Gasteiger partial charge < -0.3 is 24.4 Å². The molecule has 7 nitrogen and oxygen atoms in total. The molecule has 0 aromatic carbocycles. The van der Waals surface area contributed by atoms with Crippen molar-refractivity contribution in [3.8, 4) is 0 Å². The summed E-state index contributed by atoms with van der Waals surface area (Å²) in [7, 11) is 0. The summed E-state index contributed by atoms with van der Waals surface area (Å²) in [5, 5.41) is 3.13.